The van der Waals surface area contributed by atoms with Gasteiger partial charge in [-0.1, -0.05) is 22.4 Å². The molecule has 0 unspecified atom stereocenters. The number of rotatable bonds is 7. The Kier molecular flexibility index (Phi) is 8.23. The van der Waals surface area contributed by atoms with E-state index in [0.29, 0.717) is 24.6 Å². The van der Waals surface area contributed by atoms with Crippen LogP contribution < -0.4 is 4.90 Å². The van der Waals surface area contributed by atoms with Gasteiger partial charge in [-0.05, 0) is 64.7 Å². The average Bonchev–Trinajstić information content (AvgIpc) is 3.09. The number of anilines is 1. The lowest BCUT2D eigenvalue weighted by molar-refractivity contribution is -0.132. The summed E-state index contributed by atoms with van der Waals surface area (Å²) in [7, 11) is 0. The second-order valence-corrected chi connectivity index (χ2v) is 10.5. The molecule has 6 atom stereocenters. The molecule has 0 bridgehead atoms. The van der Waals surface area contributed by atoms with Gasteiger partial charge in [0.15, 0.2) is 0 Å². The fourth-order valence-electron chi connectivity index (χ4n) is 5.86. The summed E-state index contributed by atoms with van der Waals surface area (Å²) in [4.78, 5) is 32.9. The molecule has 1 aromatic carbocycles. The Labute approximate surface area is 215 Å². The number of fused-ring (bicyclic) bond motifs is 3. The largest absolute Gasteiger partial charge is 0.392 e. The van der Waals surface area contributed by atoms with E-state index in [4.69, 9.17) is 4.84 Å². The van der Waals surface area contributed by atoms with Gasteiger partial charge in [0, 0.05) is 24.3 Å². The van der Waals surface area contributed by atoms with E-state index in [9.17, 15) is 28.6 Å². The van der Waals surface area contributed by atoms with E-state index in [2.05, 4.69) is 25.1 Å². The first kappa shape index (κ1) is 27.1. The number of hydrogen-bond donors (Lipinski definition) is 2. The summed E-state index contributed by atoms with van der Waals surface area (Å²) in [6.07, 6.45) is 4.46. The number of amides is 2. The number of hydrogen-bond acceptors (Lipinski definition) is 6. The molecular formula is C28H34F2N2O5. The minimum Gasteiger partial charge on any atom is -0.392 e. The lowest BCUT2D eigenvalue weighted by Gasteiger charge is -2.45. The van der Waals surface area contributed by atoms with Crippen LogP contribution in [0.2, 0.25) is 0 Å². The van der Waals surface area contributed by atoms with Crippen LogP contribution in [0.1, 0.15) is 52.9 Å². The summed E-state index contributed by atoms with van der Waals surface area (Å²) in [5.41, 5.74) is 2.67. The maximum absolute atomic E-state index is 14.5. The fraction of sp³-hybridized carbons (Fsp3) is 0.536. The summed E-state index contributed by atoms with van der Waals surface area (Å²) in [5.74, 6) is -5.89. The van der Waals surface area contributed by atoms with Crippen molar-refractivity contribution in [3.63, 3.8) is 0 Å². The quantitative estimate of drug-likeness (QED) is 0.244. The van der Waals surface area contributed by atoms with Crippen LogP contribution in [0.5, 0.6) is 0 Å². The molecule has 2 N–H and O–H groups in total. The molecule has 1 aromatic rings. The van der Waals surface area contributed by atoms with Crippen LogP contribution in [0.4, 0.5) is 14.5 Å². The predicted octanol–water partition coefficient (Wildman–Crippen LogP) is 4.29. The number of halogens is 2. The second kappa shape index (κ2) is 11.2. The van der Waals surface area contributed by atoms with Gasteiger partial charge in [-0.15, -0.1) is 0 Å². The highest BCUT2D eigenvalue weighted by Gasteiger charge is 2.60. The molecule has 3 aliphatic rings. The number of oxime groups is 1. The number of carbonyl (C=O) groups excluding carboxylic acids is 2. The van der Waals surface area contributed by atoms with Gasteiger partial charge in [0.25, 0.3) is 0 Å². The van der Waals surface area contributed by atoms with Crippen LogP contribution in [0.25, 0.3) is 0 Å². The zero-order valence-corrected chi connectivity index (χ0v) is 21.4. The van der Waals surface area contributed by atoms with Crippen LogP contribution in [0.3, 0.4) is 0 Å². The van der Waals surface area contributed by atoms with Crippen molar-refractivity contribution >= 4 is 23.2 Å². The van der Waals surface area contributed by atoms with Crippen molar-refractivity contribution in [2.24, 2.45) is 28.8 Å². The maximum Gasteiger partial charge on any atom is 0.238 e. The first-order chi connectivity index (χ1) is 17.6. The number of imide groups is 1. The van der Waals surface area contributed by atoms with Gasteiger partial charge >= 0.3 is 0 Å². The Bertz CT molecular complexity index is 1140. The number of aliphatic hydroxyl groups is 2. The Morgan fingerprint density at radius 3 is 2.54 bits per heavy atom. The lowest BCUT2D eigenvalue weighted by atomic mass is 9.60. The topological polar surface area (TPSA) is 99.4 Å². The molecule has 1 aliphatic heterocycles. The van der Waals surface area contributed by atoms with Gasteiger partial charge in [0.05, 0.1) is 35.4 Å². The van der Waals surface area contributed by atoms with E-state index in [1.165, 1.54) is 11.1 Å². The van der Waals surface area contributed by atoms with E-state index in [1.807, 2.05) is 13.0 Å². The van der Waals surface area contributed by atoms with E-state index < -0.39 is 53.4 Å². The van der Waals surface area contributed by atoms with E-state index in [1.54, 1.807) is 0 Å². The van der Waals surface area contributed by atoms with Crippen LogP contribution >= 0.6 is 0 Å². The van der Waals surface area contributed by atoms with Crippen molar-refractivity contribution in [2.45, 2.75) is 65.1 Å². The zero-order chi connectivity index (χ0) is 26.9. The number of aliphatic hydroxyl groups excluding tert-OH is 2. The van der Waals surface area contributed by atoms with Crippen molar-refractivity contribution in [3.8, 4) is 0 Å². The number of carbonyl (C=O) groups is 2. The van der Waals surface area contributed by atoms with Crippen molar-refractivity contribution < 1.29 is 33.4 Å². The van der Waals surface area contributed by atoms with Crippen LogP contribution in [-0.4, -0.2) is 46.6 Å². The molecule has 37 heavy (non-hydrogen) atoms. The highest BCUT2D eigenvalue weighted by molar-refractivity contribution is 6.22. The monoisotopic (exact) mass is 516 g/mol. The Morgan fingerprint density at radius 1 is 1.11 bits per heavy atom. The van der Waals surface area contributed by atoms with E-state index in [-0.39, 0.29) is 24.6 Å². The smallest absolute Gasteiger partial charge is 0.238 e. The SMILES string of the molecule is CC(C)=CCCC(C)=CCON=C1C[C@@H](O)[C@@H](O)[C@@H]2[C@H]3C(=O)N(c4ccc(F)cc4F)C(=O)[C@@H]3CC[C@H]12. The van der Waals surface area contributed by atoms with Gasteiger partial charge in [0.2, 0.25) is 11.8 Å². The molecule has 2 amide bonds. The Morgan fingerprint density at radius 2 is 1.84 bits per heavy atom. The maximum atomic E-state index is 14.5. The normalized spacial score (nSPS) is 30.8. The van der Waals surface area contributed by atoms with Crippen molar-refractivity contribution in [1.82, 2.24) is 0 Å². The third-order valence-corrected chi connectivity index (χ3v) is 7.71. The minimum absolute atomic E-state index is 0.0986. The first-order valence-corrected chi connectivity index (χ1v) is 12.8. The van der Waals surface area contributed by atoms with Crippen molar-refractivity contribution in [1.29, 1.82) is 0 Å². The Balaban J connectivity index is 1.51. The van der Waals surface area contributed by atoms with E-state index in [0.717, 1.165) is 29.9 Å². The standard InChI is InChI=1S/C28H34F2N2O5/c1-15(2)5-4-6-16(3)11-12-37-31-21-14-23(33)26(34)24-18(21)8-9-19-25(24)28(36)32(27(19)35)22-10-7-17(29)13-20(22)30/h5,7,10-11,13,18-19,23-26,33-34H,4,6,8-9,12,14H2,1-3H3/t18-,19-,23-,24+,25+,26-/m1/s1. The summed E-state index contributed by atoms with van der Waals surface area (Å²) in [6, 6.07) is 2.68. The molecule has 2 aliphatic carbocycles. The van der Waals surface area contributed by atoms with Crippen LogP contribution in [0.15, 0.2) is 46.7 Å². The molecule has 2 saturated carbocycles. The number of benzene rings is 1. The van der Waals surface area contributed by atoms with Gasteiger partial charge in [0.1, 0.15) is 18.2 Å². The highest BCUT2D eigenvalue weighted by Crippen LogP contribution is 2.50. The number of nitrogens with zero attached hydrogens (tertiary/aromatic N) is 2. The fourth-order valence-corrected chi connectivity index (χ4v) is 5.86. The lowest BCUT2D eigenvalue weighted by Crippen LogP contribution is -2.54. The summed E-state index contributed by atoms with van der Waals surface area (Å²) in [5, 5.41) is 25.7. The molecule has 1 saturated heterocycles. The van der Waals surface area contributed by atoms with Gasteiger partial charge in [-0.3, -0.25) is 9.59 Å². The molecule has 7 nitrogen and oxygen atoms in total. The summed E-state index contributed by atoms with van der Waals surface area (Å²) >= 11 is 0. The molecule has 0 aromatic heterocycles. The molecule has 9 heteroatoms. The third-order valence-electron chi connectivity index (χ3n) is 7.71. The van der Waals surface area contributed by atoms with Crippen LogP contribution in [-0.2, 0) is 14.4 Å². The van der Waals surface area contributed by atoms with Gasteiger partial charge in [-0.2, -0.15) is 0 Å². The number of allylic oxidation sites excluding steroid dienone is 3. The van der Waals surface area contributed by atoms with Crippen molar-refractivity contribution in [2.75, 3.05) is 11.5 Å². The summed E-state index contributed by atoms with van der Waals surface area (Å²) < 4.78 is 27.9. The zero-order valence-electron chi connectivity index (χ0n) is 21.4. The first-order valence-electron chi connectivity index (χ1n) is 12.8. The van der Waals surface area contributed by atoms with E-state index >= 15 is 0 Å². The van der Waals surface area contributed by atoms with Gasteiger partial charge < -0.3 is 15.1 Å². The molecule has 4 rings (SSSR count). The third kappa shape index (κ3) is 5.52. The highest BCUT2D eigenvalue weighted by atomic mass is 19.1. The molecule has 200 valence electrons. The Hall–Kier alpha value is -2.91. The van der Waals surface area contributed by atoms with Gasteiger partial charge in [-0.25, -0.2) is 13.7 Å². The predicted molar refractivity (Wildman–Crippen MR) is 134 cm³/mol. The van der Waals surface area contributed by atoms with Crippen LogP contribution in [0, 0.1) is 35.3 Å². The molecule has 1 heterocycles. The molecule has 3 fully saturated rings. The second-order valence-electron chi connectivity index (χ2n) is 10.5. The molecular weight excluding hydrogens is 482 g/mol. The molecule has 0 radical (unpaired) electrons. The summed E-state index contributed by atoms with van der Waals surface area (Å²) in [6.45, 7) is 6.39. The molecule has 0 spiro atoms. The average molecular weight is 517 g/mol. The minimum atomic E-state index is -1.25. The van der Waals surface area contributed by atoms with Crippen molar-refractivity contribution in [3.05, 3.63) is 53.1 Å².